The van der Waals surface area contributed by atoms with Gasteiger partial charge >= 0.3 is 0 Å². The number of hydrogen-bond donors (Lipinski definition) is 2. The molecule has 1 spiro atoms. The van der Waals surface area contributed by atoms with E-state index in [1.54, 1.807) is 13.3 Å². The van der Waals surface area contributed by atoms with Gasteiger partial charge in [0, 0.05) is 25.1 Å². The molecule has 1 saturated carbocycles. The van der Waals surface area contributed by atoms with Crippen molar-refractivity contribution in [3.63, 3.8) is 0 Å². The highest BCUT2D eigenvalue weighted by molar-refractivity contribution is 14.0. The molecule has 0 amide bonds. The van der Waals surface area contributed by atoms with Gasteiger partial charge < -0.3 is 19.9 Å². The minimum absolute atomic E-state index is 0. The predicted molar refractivity (Wildman–Crippen MR) is 111 cm³/mol. The lowest BCUT2D eigenvalue weighted by molar-refractivity contribution is 0.0396. The first-order valence-electron chi connectivity index (χ1n) is 8.92. The Balaban J connectivity index is 0.00000196. The minimum atomic E-state index is -0.0308. The van der Waals surface area contributed by atoms with E-state index < -0.39 is 0 Å². The summed E-state index contributed by atoms with van der Waals surface area (Å²) in [5.74, 6) is 1.76. The standard InChI is InChI=1S/C19H24N4O2.HI/c1-20-18(21-13-14-8-11-24-23-14)22-16-12-19(9-4-5-10-19)25-17-7-3-2-6-15(16)17;/h2-3,6-8,11,16H,4-5,9-10,12-13H2,1H3,(H2,20,21,22);1H. The van der Waals surface area contributed by atoms with Crippen molar-refractivity contribution >= 4 is 29.9 Å². The van der Waals surface area contributed by atoms with E-state index in [0.29, 0.717) is 6.54 Å². The molecule has 6 nitrogen and oxygen atoms in total. The van der Waals surface area contributed by atoms with Crippen molar-refractivity contribution in [3.05, 3.63) is 47.9 Å². The average Bonchev–Trinajstić information content (AvgIpc) is 3.31. The molecule has 0 radical (unpaired) electrons. The summed E-state index contributed by atoms with van der Waals surface area (Å²) in [5, 5.41) is 10.8. The molecule has 26 heavy (non-hydrogen) atoms. The number of aliphatic imine (C=N–C) groups is 1. The van der Waals surface area contributed by atoms with Crippen LogP contribution in [0.3, 0.4) is 0 Å². The number of aromatic nitrogens is 1. The highest BCUT2D eigenvalue weighted by atomic mass is 127. The van der Waals surface area contributed by atoms with Crippen LogP contribution in [0.1, 0.15) is 49.4 Å². The predicted octanol–water partition coefficient (Wildman–Crippen LogP) is 3.79. The number of ether oxygens (including phenoxy) is 1. The van der Waals surface area contributed by atoms with Gasteiger partial charge in [0.15, 0.2) is 5.96 Å². The molecule has 2 N–H and O–H groups in total. The van der Waals surface area contributed by atoms with Gasteiger partial charge in [0.25, 0.3) is 0 Å². The summed E-state index contributed by atoms with van der Waals surface area (Å²) in [6, 6.07) is 10.4. The highest BCUT2D eigenvalue weighted by Gasteiger charge is 2.43. The molecule has 0 saturated heterocycles. The van der Waals surface area contributed by atoms with Crippen LogP contribution in [0.5, 0.6) is 5.75 Å². The van der Waals surface area contributed by atoms with E-state index >= 15 is 0 Å². The summed E-state index contributed by atoms with van der Waals surface area (Å²) in [4.78, 5) is 4.36. The normalized spacial score (nSPS) is 20.8. The van der Waals surface area contributed by atoms with Crippen LogP contribution < -0.4 is 15.4 Å². The quantitative estimate of drug-likeness (QED) is 0.408. The van der Waals surface area contributed by atoms with Crippen molar-refractivity contribution in [3.8, 4) is 5.75 Å². The summed E-state index contributed by atoms with van der Waals surface area (Å²) in [6.45, 7) is 0.576. The fourth-order valence-electron chi connectivity index (χ4n) is 3.94. The lowest BCUT2D eigenvalue weighted by Crippen LogP contribution is -2.46. The molecule has 4 rings (SSSR count). The van der Waals surface area contributed by atoms with Crippen molar-refractivity contribution < 1.29 is 9.26 Å². The third-order valence-electron chi connectivity index (χ3n) is 5.17. The molecule has 0 bridgehead atoms. The molecule has 1 atom stereocenters. The summed E-state index contributed by atoms with van der Waals surface area (Å²) >= 11 is 0. The van der Waals surface area contributed by atoms with E-state index in [4.69, 9.17) is 9.26 Å². The Morgan fingerprint density at radius 1 is 1.27 bits per heavy atom. The molecule has 7 heteroatoms. The molecule has 1 aromatic carbocycles. The first-order valence-corrected chi connectivity index (χ1v) is 8.92. The Bertz CT molecular complexity index is 742. The lowest BCUT2D eigenvalue weighted by Gasteiger charge is -2.40. The van der Waals surface area contributed by atoms with Gasteiger partial charge in [0.1, 0.15) is 23.3 Å². The van der Waals surface area contributed by atoms with Crippen molar-refractivity contribution in [1.29, 1.82) is 0 Å². The Labute approximate surface area is 170 Å². The Hall–Kier alpha value is -1.77. The Morgan fingerprint density at radius 2 is 2.08 bits per heavy atom. The first-order chi connectivity index (χ1) is 12.3. The SMILES string of the molecule is CN=C(NCc1ccon1)NC1CC2(CCCC2)Oc2ccccc21.I. The smallest absolute Gasteiger partial charge is 0.191 e. The third-order valence-corrected chi connectivity index (χ3v) is 5.17. The molecule has 1 aliphatic carbocycles. The molecule has 140 valence electrons. The van der Waals surface area contributed by atoms with Crippen molar-refractivity contribution in [2.45, 2.75) is 50.3 Å². The summed E-state index contributed by atoms with van der Waals surface area (Å²) in [5.41, 5.74) is 2.02. The van der Waals surface area contributed by atoms with Gasteiger partial charge in [-0.25, -0.2) is 0 Å². The second-order valence-corrected chi connectivity index (χ2v) is 6.85. The van der Waals surface area contributed by atoms with Crippen LogP contribution in [0.15, 0.2) is 46.1 Å². The summed E-state index contributed by atoms with van der Waals surface area (Å²) < 4.78 is 11.3. The number of halogens is 1. The minimum Gasteiger partial charge on any atom is -0.487 e. The van der Waals surface area contributed by atoms with Crippen LogP contribution >= 0.6 is 24.0 Å². The number of para-hydroxylation sites is 1. The second-order valence-electron chi connectivity index (χ2n) is 6.85. The Kier molecular flexibility index (Phi) is 6.05. The average molecular weight is 468 g/mol. The van der Waals surface area contributed by atoms with Gasteiger partial charge in [-0.3, -0.25) is 4.99 Å². The van der Waals surface area contributed by atoms with Gasteiger partial charge in [-0.05, 0) is 31.7 Å². The topological polar surface area (TPSA) is 71.7 Å². The van der Waals surface area contributed by atoms with Gasteiger partial charge in [0.05, 0.1) is 12.6 Å². The van der Waals surface area contributed by atoms with Gasteiger partial charge in [-0.2, -0.15) is 0 Å². The summed E-state index contributed by atoms with van der Waals surface area (Å²) in [7, 11) is 1.79. The number of fused-ring (bicyclic) bond motifs is 1. The van der Waals surface area contributed by atoms with E-state index in [1.807, 2.05) is 12.1 Å². The van der Waals surface area contributed by atoms with E-state index in [9.17, 15) is 0 Å². The maximum absolute atomic E-state index is 6.42. The number of rotatable bonds is 3. The van der Waals surface area contributed by atoms with Crippen LogP contribution in [-0.4, -0.2) is 23.8 Å². The molecule has 1 aromatic heterocycles. The fraction of sp³-hybridized carbons (Fsp3) is 0.474. The molecule has 2 aliphatic rings. The fourth-order valence-corrected chi connectivity index (χ4v) is 3.94. The molecule has 1 fully saturated rings. The Morgan fingerprint density at radius 3 is 2.81 bits per heavy atom. The van der Waals surface area contributed by atoms with Crippen LogP contribution in [0, 0.1) is 0 Å². The maximum atomic E-state index is 6.42. The molecular weight excluding hydrogens is 443 g/mol. The van der Waals surface area contributed by atoms with Crippen LogP contribution in [0.4, 0.5) is 0 Å². The monoisotopic (exact) mass is 468 g/mol. The number of guanidine groups is 1. The first kappa shape index (κ1) is 19.0. The molecule has 2 heterocycles. The van der Waals surface area contributed by atoms with Gasteiger partial charge in [-0.1, -0.05) is 23.4 Å². The molecule has 1 unspecified atom stereocenters. The van der Waals surface area contributed by atoms with Crippen LogP contribution in [-0.2, 0) is 6.54 Å². The third kappa shape index (κ3) is 3.97. The van der Waals surface area contributed by atoms with E-state index in [1.165, 1.54) is 18.4 Å². The molecular formula is C19H25IN4O2. The number of nitrogens with zero attached hydrogens (tertiary/aromatic N) is 2. The number of nitrogens with one attached hydrogen (secondary N) is 2. The van der Waals surface area contributed by atoms with Crippen molar-refractivity contribution in [2.24, 2.45) is 4.99 Å². The lowest BCUT2D eigenvalue weighted by atomic mass is 9.86. The van der Waals surface area contributed by atoms with E-state index in [-0.39, 0.29) is 35.6 Å². The second kappa shape index (κ2) is 8.28. The van der Waals surface area contributed by atoms with Gasteiger partial charge in [0.2, 0.25) is 0 Å². The maximum Gasteiger partial charge on any atom is 0.191 e. The van der Waals surface area contributed by atoms with Crippen molar-refractivity contribution in [2.75, 3.05) is 7.05 Å². The number of benzene rings is 1. The van der Waals surface area contributed by atoms with Gasteiger partial charge in [-0.15, -0.1) is 24.0 Å². The largest absolute Gasteiger partial charge is 0.487 e. The zero-order chi connectivity index (χ0) is 17.1. The molecule has 2 aromatic rings. The van der Waals surface area contributed by atoms with E-state index in [0.717, 1.165) is 36.7 Å². The highest BCUT2D eigenvalue weighted by Crippen LogP contribution is 2.46. The van der Waals surface area contributed by atoms with Crippen molar-refractivity contribution in [1.82, 2.24) is 15.8 Å². The zero-order valence-electron chi connectivity index (χ0n) is 14.9. The van der Waals surface area contributed by atoms with Crippen LogP contribution in [0.25, 0.3) is 0 Å². The molecule has 1 aliphatic heterocycles. The zero-order valence-corrected chi connectivity index (χ0v) is 17.2. The van der Waals surface area contributed by atoms with Crippen LogP contribution in [0.2, 0.25) is 0 Å². The summed E-state index contributed by atoms with van der Waals surface area (Å²) in [6.07, 6.45) is 7.29. The number of hydrogen-bond acceptors (Lipinski definition) is 4. The van der Waals surface area contributed by atoms with E-state index in [2.05, 4.69) is 39.0 Å².